The second-order valence-corrected chi connectivity index (χ2v) is 6.02. The molecule has 3 heteroatoms. The molecule has 3 atom stereocenters. The van der Waals surface area contributed by atoms with Crippen molar-refractivity contribution in [3.8, 4) is 0 Å². The zero-order chi connectivity index (χ0) is 12.4. The van der Waals surface area contributed by atoms with Crippen molar-refractivity contribution in [2.24, 2.45) is 23.5 Å². The molecule has 0 aliphatic heterocycles. The third-order valence-electron chi connectivity index (χ3n) is 4.06. The lowest BCUT2D eigenvalue weighted by molar-refractivity contribution is 0.409. The molecule has 1 saturated carbocycles. The molecule has 0 aromatic carbocycles. The summed E-state index contributed by atoms with van der Waals surface area (Å²) in [5.74, 6) is 2.18. The number of hydrogen-bond acceptors (Lipinski definition) is 2. The van der Waals surface area contributed by atoms with Gasteiger partial charge in [-0.3, -0.25) is 0 Å². The van der Waals surface area contributed by atoms with Crippen LogP contribution in [0.3, 0.4) is 0 Å². The molecule has 1 aliphatic rings. The number of imidazole rings is 1. The smallest absolute Gasteiger partial charge is 0.0948 e. The maximum atomic E-state index is 6.22. The summed E-state index contributed by atoms with van der Waals surface area (Å²) in [7, 11) is 0. The summed E-state index contributed by atoms with van der Waals surface area (Å²) in [5.41, 5.74) is 7.42. The first-order valence-corrected chi connectivity index (χ1v) is 6.83. The van der Waals surface area contributed by atoms with Gasteiger partial charge in [0.1, 0.15) is 0 Å². The second-order valence-electron chi connectivity index (χ2n) is 6.02. The third-order valence-corrected chi connectivity index (χ3v) is 4.06. The van der Waals surface area contributed by atoms with Gasteiger partial charge in [-0.25, -0.2) is 4.98 Å². The highest BCUT2D eigenvalue weighted by Crippen LogP contribution is 2.32. The van der Waals surface area contributed by atoms with Gasteiger partial charge in [0.15, 0.2) is 0 Å². The fraction of sp³-hybridized carbons (Fsp3) is 0.786. The van der Waals surface area contributed by atoms with Crippen LogP contribution in [0.25, 0.3) is 0 Å². The zero-order valence-corrected chi connectivity index (χ0v) is 11.3. The maximum Gasteiger partial charge on any atom is 0.0948 e. The van der Waals surface area contributed by atoms with Crippen LogP contribution in [0.15, 0.2) is 12.5 Å². The van der Waals surface area contributed by atoms with Gasteiger partial charge in [-0.05, 0) is 30.6 Å². The molecule has 0 bridgehead atoms. The van der Waals surface area contributed by atoms with Crippen molar-refractivity contribution in [3.05, 3.63) is 18.2 Å². The molecule has 0 saturated heterocycles. The Labute approximate surface area is 104 Å². The Morgan fingerprint density at radius 2 is 2.24 bits per heavy atom. The van der Waals surface area contributed by atoms with Gasteiger partial charge in [0, 0.05) is 18.8 Å². The molecule has 3 unspecified atom stereocenters. The van der Waals surface area contributed by atoms with Crippen molar-refractivity contribution in [2.45, 2.75) is 52.6 Å². The summed E-state index contributed by atoms with van der Waals surface area (Å²) < 4.78 is 2.27. The van der Waals surface area contributed by atoms with Crippen molar-refractivity contribution in [1.29, 1.82) is 0 Å². The van der Waals surface area contributed by atoms with Crippen LogP contribution in [0.1, 0.15) is 51.8 Å². The summed E-state index contributed by atoms with van der Waals surface area (Å²) in [5, 5.41) is 0. The summed E-state index contributed by atoms with van der Waals surface area (Å²) in [6.45, 7) is 7.79. The SMILES string of the molecule is CC1CCC(Cn2cncc2C(N)C(C)C)C1. The Morgan fingerprint density at radius 3 is 2.82 bits per heavy atom. The van der Waals surface area contributed by atoms with Crippen molar-refractivity contribution in [3.63, 3.8) is 0 Å². The van der Waals surface area contributed by atoms with E-state index in [4.69, 9.17) is 5.73 Å². The van der Waals surface area contributed by atoms with E-state index in [9.17, 15) is 0 Å². The minimum absolute atomic E-state index is 0.108. The average Bonchev–Trinajstić information content (AvgIpc) is 2.87. The first kappa shape index (κ1) is 12.6. The number of nitrogens with two attached hydrogens (primary N) is 1. The molecule has 1 aromatic heterocycles. The van der Waals surface area contributed by atoms with Gasteiger partial charge in [-0.1, -0.05) is 27.2 Å². The van der Waals surface area contributed by atoms with E-state index in [-0.39, 0.29) is 6.04 Å². The van der Waals surface area contributed by atoms with Crippen molar-refractivity contribution in [1.82, 2.24) is 9.55 Å². The quantitative estimate of drug-likeness (QED) is 0.872. The highest BCUT2D eigenvalue weighted by molar-refractivity contribution is 5.05. The molecule has 0 amide bonds. The summed E-state index contributed by atoms with van der Waals surface area (Å²) in [6, 6.07) is 0.108. The molecular formula is C14H25N3. The minimum atomic E-state index is 0.108. The van der Waals surface area contributed by atoms with Crippen LogP contribution in [-0.4, -0.2) is 9.55 Å². The van der Waals surface area contributed by atoms with E-state index in [1.54, 1.807) is 0 Å². The van der Waals surface area contributed by atoms with Crippen LogP contribution in [0.4, 0.5) is 0 Å². The fourth-order valence-corrected chi connectivity index (χ4v) is 2.87. The molecule has 1 aromatic rings. The minimum Gasteiger partial charge on any atom is -0.333 e. The fourth-order valence-electron chi connectivity index (χ4n) is 2.87. The molecule has 1 fully saturated rings. The lowest BCUT2D eigenvalue weighted by atomic mass is 10.0. The molecule has 0 radical (unpaired) electrons. The summed E-state index contributed by atoms with van der Waals surface area (Å²) >= 11 is 0. The van der Waals surface area contributed by atoms with Gasteiger partial charge < -0.3 is 10.3 Å². The van der Waals surface area contributed by atoms with Gasteiger partial charge in [0.2, 0.25) is 0 Å². The van der Waals surface area contributed by atoms with Crippen LogP contribution in [0.5, 0.6) is 0 Å². The Kier molecular flexibility index (Phi) is 3.87. The van der Waals surface area contributed by atoms with E-state index >= 15 is 0 Å². The topological polar surface area (TPSA) is 43.8 Å². The number of hydrogen-bond donors (Lipinski definition) is 1. The van der Waals surface area contributed by atoms with Gasteiger partial charge >= 0.3 is 0 Å². The Morgan fingerprint density at radius 1 is 1.47 bits per heavy atom. The van der Waals surface area contributed by atoms with E-state index in [1.165, 1.54) is 25.0 Å². The molecule has 0 spiro atoms. The van der Waals surface area contributed by atoms with E-state index in [0.717, 1.165) is 18.4 Å². The van der Waals surface area contributed by atoms with E-state index < -0.39 is 0 Å². The summed E-state index contributed by atoms with van der Waals surface area (Å²) in [4.78, 5) is 4.27. The Bertz CT molecular complexity index is 356. The summed E-state index contributed by atoms with van der Waals surface area (Å²) in [6.07, 6.45) is 7.97. The third kappa shape index (κ3) is 2.89. The van der Waals surface area contributed by atoms with Crippen LogP contribution in [-0.2, 0) is 6.54 Å². The Balaban J connectivity index is 2.04. The second kappa shape index (κ2) is 5.21. The highest BCUT2D eigenvalue weighted by Gasteiger charge is 2.23. The van der Waals surface area contributed by atoms with Gasteiger partial charge in [0.05, 0.1) is 12.0 Å². The van der Waals surface area contributed by atoms with Crippen LogP contribution in [0, 0.1) is 17.8 Å². The zero-order valence-electron chi connectivity index (χ0n) is 11.3. The van der Waals surface area contributed by atoms with E-state index in [2.05, 4.69) is 30.3 Å². The Hall–Kier alpha value is -0.830. The molecule has 96 valence electrons. The normalized spacial score (nSPS) is 26.6. The van der Waals surface area contributed by atoms with Crippen LogP contribution >= 0.6 is 0 Å². The lowest BCUT2D eigenvalue weighted by Crippen LogP contribution is -2.21. The van der Waals surface area contributed by atoms with Crippen molar-refractivity contribution in [2.75, 3.05) is 0 Å². The number of rotatable bonds is 4. The first-order chi connectivity index (χ1) is 8.08. The lowest BCUT2D eigenvalue weighted by Gasteiger charge is -2.20. The monoisotopic (exact) mass is 235 g/mol. The molecule has 17 heavy (non-hydrogen) atoms. The largest absolute Gasteiger partial charge is 0.333 e. The maximum absolute atomic E-state index is 6.22. The van der Waals surface area contributed by atoms with Crippen LogP contribution in [0.2, 0.25) is 0 Å². The highest BCUT2D eigenvalue weighted by atomic mass is 15.1. The predicted molar refractivity (Wildman–Crippen MR) is 70.5 cm³/mol. The van der Waals surface area contributed by atoms with Gasteiger partial charge in [0.25, 0.3) is 0 Å². The molecule has 3 nitrogen and oxygen atoms in total. The van der Waals surface area contributed by atoms with Crippen molar-refractivity contribution < 1.29 is 0 Å². The van der Waals surface area contributed by atoms with E-state index in [0.29, 0.717) is 5.92 Å². The van der Waals surface area contributed by atoms with Gasteiger partial charge in [-0.15, -0.1) is 0 Å². The van der Waals surface area contributed by atoms with Crippen LogP contribution < -0.4 is 5.73 Å². The predicted octanol–water partition coefficient (Wildman–Crippen LogP) is 2.98. The standard InChI is InChI=1S/C14H25N3/c1-10(2)14(15)13-7-16-9-17(13)8-12-5-4-11(3)6-12/h7,9-12,14H,4-6,8,15H2,1-3H3. The van der Waals surface area contributed by atoms with Gasteiger partial charge in [-0.2, -0.15) is 0 Å². The molecule has 1 aliphatic carbocycles. The van der Waals surface area contributed by atoms with E-state index in [1.807, 2.05) is 12.5 Å². The number of nitrogens with zero attached hydrogens (tertiary/aromatic N) is 2. The molecular weight excluding hydrogens is 210 g/mol. The molecule has 2 rings (SSSR count). The number of aromatic nitrogens is 2. The molecule has 2 N–H and O–H groups in total. The average molecular weight is 235 g/mol. The molecule has 1 heterocycles. The first-order valence-electron chi connectivity index (χ1n) is 6.83. The van der Waals surface area contributed by atoms with Crippen molar-refractivity contribution >= 4 is 0 Å².